The molecule has 0 unspecified atom stereocenters. The number of thioether (sulfide) groups is 1. The molecule has 6 heteroatoms. The van der Waals surface area contributed by atoms with Crippen LogP contribution in [0.15, 0.2) is 47.4 Å². The Balaban J connectivity index is 1.81. The van der Waals surface area contributed by atoms with E-state index in [9.17, 15) is 9.59 Å². The summed E-state index contributed by atoms with van der Waals surface area (Å²) < 4.78 is 0. The van der Waals surface area contributed by atoms with Crippen LogP contribution in [0.2, 0.25) is 5.02 Å². The second-order valence-corrected chi connectivity index (χ2v) is 7.57. The summed E-state index contributed by atoms with van der Waals surface area (Å²) in [6.45, 7) is 0.511. The van der Waals surface area contributed by atoms with Crippen molar-refractivity contribution >= 4 is 35.2 Å². The lowest BCUT2D eigenvalue weighted by molar-refractivity contribution is 0.0729. The van der Waals surface area contributed by atoms with E-state index in [1.165, 1.54) is 0 Å². The summed E-state index contributed by atoms with van der Waals surface area (Å²) in [6.07, 6.45) is 4.01. The third-order valence-corrected chi connectivity index (χ3v) is 5.50. The largest absolute Gasteiger partial charge is 0.355 e. The zero-order chi connectivity index (χ0) is 18.7. The van der Waals surface area contributed by atoms with Gasteiger partial charge in [-0.2, -0.15) is 0 Å². The molecular weight excluding hydrogens is 368 g/mol. The summed E-state index contributed by atoms with van der Waals surface area (Å²) >= 11 is 7.88. The van der Waals surface area contributed by atoms with Crippen molar-refractivity contribution in [1.82, 2.24) is 10.2 Å². The average Bonchev–Trinajstić information content (AvgIpc) is 3.51. The standard InChI is InChI=1S/C20H21ClN2O2S/c1-22-19(24)14-5-3-13(4-6-14)12-23(15-7-8-15)20(25)17-11-16(26-2)9-10-18(17)21/h3-6,9-11,15H,7-8,12H2,1-2H3,(H,22,24). The van der Waals surface area contributed by atoms with Gasteiger partial charge in [0.2, 0.25) is 0 Å². The van der Waals surface area contributed by atoms with Gasteiger partial charge >= 0.3 is 0 Å². The van der Waals surface area contributed by atoms with Crippen LogP contribution in [0.4, 0.5) is 0 Å². The Labute approximate surface area is 162 Å². The van der Waals surface area contributed by atoms with Crippen LogP contribution in [0.5, 0.6) is 0 Å². The minimum atomic E-state index is -0.118. The van der Waals surface area contributed by atoms with E-state index in [1.54, 1.807) is 37.0 Å². The molecule has 3 rings (SSSR count). The molecule has 26 heavy (non-hydrogen) atoms. The second kappa shape index (κ2) is 8.14. The van der Waals surface area contributed by atoms with E-state index in [-0.39, 0.29) is 17.9 Å². The summed E-state index contributed by atoms with van der Waals surface area (Å²) in [5.74, 6) is -0.156. The van der Waals surface area contributed by atoms with Gasteiger partial charge in [-0.05, 0) is 55.0 Å². The lowest BCUT2D eigenvalue weighted by Gasteiger charge is -2.23. The molecule has 0 radical (unpaired) electrons. The number of halogens is 1. The highest BCUT2D eigenvalue weighted by atomic mass is 35.5. The predicted octanol–water partition coefficient (Wildman–Crippen LogP) is 4.23. The second-order valence-electron chi connectivity index (χ2n) is 6.29. The highest BCUT2D eigenvalue weighted by Gasteiger charge is 2.33. The molecule has 0 spiro atoms. The number of amides is 2. The number of nitrogens with zero attached hydrogens (tertiary/aromatic N) is 1. The molecule has 0 heterocycles. The molecule has 0 aliphatic heterocycles. The minimum Gasteiger partial charge on any atom is -0.355 e. The van der Waals surface area contributed by atoms with Gasteiger partial charge in [0.05, 0.1) is 10.6 Å². The van der Waals surface area contributed by atoms with Crippen LogP contribution in [0.25, 0.3) is 0 Å². The molecule has 136 valence electrons. The SMILES string of the molecule is CNC(=O)c1ccc(CN(C(=O)c2cc(SC)ccc2Cl)C2CC2)cc1. The van der Waals surface area contributed by atoms with Gasteiger partial charge in [-0.15, -0.1) is 11.8 Å². The number of carbonyl (C=O) groups excluding carboxylic acids is 2. The van der Waals surface area contributed by atoms with Gasteiger partial charge < -0.3 is 10.2 Å². The van der Waals surface area contributed by atoms with Gasteiger partial charge in [0, 0.05) is 30.1 Å². The summed E-state index contributed by atoms with van der Waals surface area (Å²) in [5, 5.41) is 3.09. The Kier molecular flexibility index (Phi) is 5.89. The van der Waals surface area contributed by atoms with Gasteiger partial charge in [0.1, 0.15) is 0 Å². The first kappa shape index (κ1) is 18.8. The van der Waals surface area contributed by atoms with Gasteiger partial charge in [-0.25, -0.2) is 0 Å². The predicted molar refractivity (Wildman–Crippen MR) is 106 cm³/mol. The zero-order valence-corrected chi connectivity index (χ0v) is 16.4. The first-order chi connectivity index (χ1) is 12.5. The van der Waals surface area contributed by atoms with Crippen molar-refractivity contribution in [2.45, 2.75) is 30.3 Å². The molecule has 0 bridgehead atoms. The Morgan fingerprint density at radius 2 is 1.88 bits per heavy atom. The van der Waals surface area contributed by atoms with Crippen molar-refractivity contribution in [1.29, 1.82) is 0 Å². The van der Waals surface area contributed by atoms with Crippen molar-refractivity contribution in [3.8, 4) is 0 Å². The van der Waals surface area contributed by atoms with E-state index in [4.69, 9.17) is 11.6 Å². The fourth-order valence-electron chi connectivity index (χ4n) is 2.81. The summed E-state index contributed by atoms with van der Waals surface area (Å²) in [6, 6.07) is 13.2. The molecule has 0 atom stereocenters. The molecule has 1 aliphatic rings. The number of hydrogen-bond donors (Lipinski definition) is 1. The van der Waals surface area contributed by atoms with Crippen LogP contribution in [0.3, 0.4) is 0 Å². The van der Waals surface area contributed by atoms with E-state index in [0.29, 0.717) is 22.7 Å². The lowest BCUT2D eigenvalue weighted by atomic mass is 10.1. The smallest absolute Gasteiger partial charge is 0.255 e. The highest BCUT2D eigenvalue weighted by molar-refractivity contribution is 7.98. The van der Waals surface area contributed by atoms with Crippen LogP contribution in [0.1, 0.15) is 39.1 Å². The topological polar surface area (TPSA) is 49.4 Å². The van der Waals surface area contributed by atoms with Crippen molar-refractivity contribution in [3.05, 3.63) is 64.2 Å². The van der Waals surface area contributed by atoms with Crippen molar-refractivity contribution in [2.24, 2.45) is 0 Å². The fourth-order valence-corrected chi connectivity index (χ4v) is 3.44. The van der Waals surface area contributed by atoms with E-state index in [2.05, 4.69) is 5.32 Å². The van der Waals surface area contributed by atoms with Gasteiger partial charge in [0.25, 0.3) is 11.8 Å². The monoisotopic (exact) mass is 388 g/mol. The van der Waals surface area contributed by atoms with Crippen molar-refractivity contribution in [3.63, 3.8) is 0 Å². The Morgan fingerprint density at radius 3 is 2.46 bits per heavy atom. The van der Waals surface area contributed by atoms with Gasteiger partial charge in [-0.1, -0.05) is 23.7 Å². The van der Waals surface area contributed by atoms with Crippen molar-refractivity contribution in [2.75, 3.05) is 13.3 Å². The van der Waals surface area contributed by atoms with E-state index in [0.717, 1.165) is 23.3 Å². The van der Waals surface area contributed by atoms with Crippen LogP contribution >= 0.6 is 23.4 Å². The molecule has 1 saturated carbocycles. The summed E-state index contributed by atoms with van der Waals surface area (Å²) in [5.41, 5.74) is 2.15. The van der Waals surface area contributed by atoms with Crippen LogP contribution in [0, 0.1) is 0 Å². The van der Waals surface area contributed by atoms with E-state index >= 15 is 0 Å². The number of rotatable bonds is 6. The zero-order valence-electron chi connectivity index (χ0n) is 14.8. The molecule has 2 aromatic carbocycles. The van der Waals surface area contributed by atoms with Crippen LogP contribution < -0.4 is 5.32 Å². The third kappa shape index (κ3) is 4.22. The molecule has 0 saturated heterocycles. The minimum absolute atomic E-state index is 0.0382. The molecule has 2 aromatic rings. The Morgan fingerprint density at radius 1 is 1.19 bits per heavy atom. The number of benzene rings is 2. The maximum Gasteiger partial charge on any atom is 0.255 e. The molecule has 1 fully saturated rings. The lowest BCUT2D eigenvalue weighted by Crippen LogP contribution is -2.32. The summed E-state index contributed by atoms with van der Waals surface area (Å²) in [7, 11) is 1.61. The molecule has 4 nitrogen and oxygen atoms in total. The molecule has 1 aliphatic carbocycles. The quantitative estimate of drug-likeness (QED) is 0.753. The molecule has 2 amide bonds. The van der Waals surface area contributed by atoms with Gasteiger partial charge in [-0.3, -0.25) is 9.59 Å². The number of hydrogen-bond acceptors (Lipinski definition) is 3. The van der Waals surface area contributed by atoms with Crippen LogP contribution in [-0.4, -0.2) is 36.1 Å². The molecular formula is C20H21ClN2O2S. The highest BCUT2D eigenvalue weighted by Crippen LogP contribution is 2.32. The first-order valence-corrected chi connectivity index (χ1v) is 10.1. The fraction of sp³-hybridized carbons (Fsp3) is 0.300. The normalized spacial score (nSPS) is 13.3. The van der Waals surface area contributed by atoms with Crippen molar-refractivity contribution < 1.29 is 9.59 Å². The molecule has 0 aromatic heterocycles. The Bertz CT molecular complexity index is 819. The maximum absolute atomic E-state index is 13.1. The molecule has 1 N–H and O–H groups in total. The van der Waals surface area contributed by atoms with Crippen LogP contribution in [-0.2, 0) is 6.54 Å². The average molecular weight is 389 g/mol. The first-order valence-electron chi connectivity index (χ1n) is 8.49. The number of carbonyl (C=O) groups is 2. The van der Waals surface area contributed by atoms with E-state index < -0.39 is 0 Å². The number of nitrogens with one attached hydrogen (secondary N) is 1. The summed E-state index contributed by atoms with van der Waals surface area (Å²) in [4.78, 5) is 27.7. The maximum atomic E-state index is 13.1. The Hall–Kier alpha value is -1.98. The van der Waals surface area contributed by atoms with E-state index in [1.807, 2.05) is 35.4 Å². The third-order valence-electron chi connectivity index (χ3n) is 4.45. The van der Waals surface area contributed by atoms with Gasteiger partial charge in [0.15, 0.2) is 0 Å².